The van der Waals surface area contributed by atoms with Crippen molar-refractivity contribution in [3.05, 3.63) is 28.8 Å². The molecule has 0 atom stereocenters. The smallest absolute Gasteiger partial charge is 0.253 e. The summed E-state index contributed by atoms with van der Waals surface area (Å²) >= 11 is 5.82. The maximum absolute atomic E-state index is 12.4. The molecule has 0 unspecified atom stereocenters. The third-order valence-corrected chi connectivity index (χ3v) is 5.28. The van der Waals surface area contributed by atoms with Gasteiger partial charge in [0.15, 0.2) is 0 Å². The average Bonchev–Trinajstić information content (AvgIpc) is 2.37. The fourth-order valence-electron chi connectivity index (χ4n) is 2.35. The van der Waals surface area contributed by atoms with Gasteiger partial charge in [-0.15, -0.1) is 0 Å². The Morgan fingerprint density at radius 2 is 1.86 bits per heavy atom. The van der Waals surface area contributed by atoms with Crippen LogP contribution in [-0.4, -0.2) is 32.3 Å². The maximum Gasteiger partial charge on any atom is 0.253 e. The van der Waals surface area contributed by atoms with E-state index in [1.165, 1.54) is 18.2 Å². The lowest BCUT2D eigenvalue weighted by molar-refractivity contribution is 0.0630. The number of amides is 1. The first-order valence-corrected chi connectivity index (χ1v) is 8.64. The zero-order chi connectivity index (χ0) is 15.8. The van der Waals surface area contributed by atoms with Gasteiger partial charge in [0.1, 0.15) is 4.90 Å². The third-order valence-electron chi connectivity index (χ3n) is 3.89. The number of sulfonamides is 1. The quantitative estimate of drug-likeness (QED) is 0.903. The lowest BCUT2D eigenvalue weighted by Crippen LogP contribution is -2.41. The number of nitrogens with zero attached hydrogens (tertiary/aromatic N) is 1. The van der Waals surface area contributed by atoms with Crippen LogP contribution in [0, 0.1) is 5.41 Å². The van der Waals surface area contributed by atoms with Crippen molar-refractivity contribution in [1.29, 1.82) is 0 Å². The zero-order valence-corrected chi connectivity index (χ0v) is 13.7. The summed E-state index contributed by atoms with van der Waals surface area (Å²) in [6.45, 7) is 5.69. The van der Waals surface area contributed by atoms with Crippen molar-refractivity contribution in [3.8, 4) is 0 Å². The molecule has 1 heterocycles. The third kappa shape index (κ3) is 3.75. The Labute approximate surface area is 130 Å². The summed E-state index contributed by atoms with van der Waals surface area (Å²) in [7, 11) is -3.94. The molecule has 1 saturated heterocycles. The summed E-state index contributed by atoms with van der Waals surface area (Å²) in [4.78, 5) is 14.0. The van der Waals surface area contributed by atoms with Crippen molar-refractivity contribution >= 4 is 27.5 Å². The van der Waals surface area contributed by atoms with E-state index < -0.39 is 10.0 Å². The zero-order valence-electron chi connectivity index (χ0n) is 12.1. The minimum atomic E-state index is -3.94. The minimum Gasteiger partial charge on any atom is -0.339 e. The summed E-state index contributed by atoms with van der Waals surface area (Å²) in [6, 6.07) is 4.17. The first kappa shape index (κ1) is 16.3. The molecule has 116 valence electrons. The summed E-state index contributed by atoms with van der Waals surface area (Å²) in [6.07, 6.45) is 1.85. The number of piperidine rings is 1. The number of hydrogen-bond donors (Lipinski definition) is 1. The van der Waals surface area contributed by atoms with Crippen molar-refractivity contribution in [2.24, 2.45) is 10.6 Å². The number of rotatable bonds is 2. The van der Waals surface area contributed by atoms with Crippen LogP contribution in [0.3, 0.4) is 0 Å². The Morgan fingerprint density at radius 1 is 1.29 bits per heavy atom. The van der Waals surface area contributed by atoms with Gasteiger partial charge in [-0.1, -0.05) is 25.4 Å². The van der Waals surface area contributed by atoms with E-state index in [4.69, 9.17) is 16.7 Å². The van der Waals surface area contributed by atoms with Crippen LogP contribution in [0.2, 0.25) is 5.02 Å². The molecule has 1 aliphatic heterocycles. The molecular weight excluding hydrogens is 312 g/mol. The second-order valence-electron chi connectivity index (χ2n) is 6.15. The molecular formula is C14H19ClN2O3S. The molecule has 0 bridgehead atoms. The Hall–Kier alpha value is -1.11. The topological polar surface area (TPSA) is 80.5 Å². The van der Waals surface area contributed by atoms with Crippen molar-refractivity contribution in [1.82, 2.24) is 4.90 Å². The highest BCUT2D eigenvalue weighted by Gasteiger charge is 2.28. The highest BCUT2D eigenvalue weighted by molar-refractivity contribution is 7.89. The normalized spacial score (nSPS) is 18.6. The Kier molecular flexibility index (Phi) is 4.33. The first-order chi connectivity index (χ1) is 9.60. The predicted octanol–water partition coefficient (Wildman–Crippen LogP) is 2.25. The van der Waals surface area contributed by atoms with Gasteiger partial charge in [-0.05, 0) is 36.5 Å². The second-order valence-corrected chi connectivity index (χ2v) is 8.08. The van der Waals surface area contributed by atoms with Crippen LogP contribution in [0.25, 0.3) is 0 Å². The highest BCUT2D eigenvalue weighted by atomic mass is 35.5. The Balaban J connectivity index is 2.25. The van der Waals surface area contributed by atoms with E-state index in [0.29, 0.717) is 18.7 Å². The molecule has 21 heavy (non-hydrogen) atoms. The fraction of sp³-hybridized carbons (Fsp3) is 0.500. The van der Waals surface area contributed by atoms with E-state index in [9.17, 15) is 13.2 Å². The molecule has 0 aromatic heterocycles. The number of halogens is 1. The maximum atomic E-state index is 12.4. The average molecular weight is 331 g/mol. The number of likely N-dealkylation sites (tertiary alicyclic amines) is 1. The van der Waals surface area contributed by atoms with E-state index in [2.05, 4.69) is 13.8 Å². The minimum absolute atomic E-state index is 0.0221. The van der Waals surface area contributed by atoms with E-state index >= 15 is 0 Å². The molecule has 1 amide bonds. The van der Waals surface area contributed by atoms with Gasteiger partial charge in [-0.25, -0.2) is 13.6 Å². The van der Waals surface area contributed by atoms with Crippen LogP contribution < -0.4 is 5.14 Å². The van der Waals surface area contributed by atoms with Crippen molar-refractivity contribution in [2.45, 2.75) is 31.6 Å². The van der Waals surface area contributed by atoms with Crippen LogP contribution in [0.1, 0.15) is 37.0 Å². The van der Waals surface area contributed by atoms with Crippen molar-refractivity contribution in [3.63, 3.8) is 0 Å². The molecule has 1 aliphatic rings. The monoisotopic (exact) mass is 330 g/mol. The summed E-state index contributed by atoms with van der Waals surface area (Å²) in [5, 5.41) is 5.13. The van der Waals surface area contributed by atoms with Gasteiger partial charge in [0.05, 0.1) is 5.02 Å². The predicted molar refractivity (Wildman–Crippen MR) is 81.7 cm³/mol. The van der Waals surface area contributed by atoms with Gasteiger partial charge >= 0.3 is 0 Å². The largest absolute Gasteiger partial charge is 0.339 e. The van der Waals surface area contributed by atoms with Crippen LogP contribution in [0.5, 0.6) is 0 Å². The van der Waals surface area contributed by atoms with Gasteiger partial charge in [-0.3, -0.25) is 4.79 Å². The molecule has 7 heteroatoms. The van der Waals surface area contributed by atoms with E-state index in [1.54, 1.807) is 4.90 Å². The van der Waals surface area contributed by atoms with Crippen molar-refractivity contribution in [2.75, 3.05) is 13.1 Å². The van der Waals surface area contributed by atoms with Gasteiger partial charge in [0.2, 0.25) is 10.0 Å². The summed E-state index contributed by atoms with van der Waals surface area (Å²) in [5.41, 5.74) is 0.533. The number of nitrogens with two attached hydrogens (primary N) is 1. The van der Waals surface area contributed by atoms with Crippen LogP contribution in [-0.2, 0) is 10.0 Å². The van der Waals surface area contributed by atoms with Gasteiger partial charge in [0, 0.05) is 18.7 Å². The number of benzene rings is 1. The molecule has 1 fully saturated rings. The number of primary sulfonamides is 1. The number of carbonyl (C=O) groups is 1. The fourth-order valence-corrected chi connectivity index (χ4v) is 3.42. The molecule has 2 rings (SSSR count). The van der Waals surface area contributed by atoms with Gasteiger partial charge in [-0.2, -0.15) is 0 Å². The highest BCUT2D eigenvalue weighted by Crippen LogP contribution is 2.30. The first-order valence-electron chi connectivity index (χ1n) is 6.72. The molecule has 0 radical (unpaired) electrons. The van der Waals surface area contributed by atoms with E-state index in [0.717, 1.165) is 12.8 Å². The van der Waals surface area contributed by atoms with Crippen LogP contribution >= 0.6 is 11.6 Å². The standard InChI is InChI=1S/C14H19ClN2O3S/c1-14(2)5-7-17(8-6-14)13(18)10-3-4-11(15)12(9-10)21(16,19)20/h3-4,9H,5-8H2,1-2H3,(H2,16,19,20). The second kappa shape index (κ2) is 5.59. The Bertz CT molecular complexity index is 661. The SMILES string of the molecule is CC1(C)CCN(C(=O)c2ccc(Cl)c(S(N)(=O)=O)c2)CC1. The van der Waals surface area contributed by atoms with Crippen LogP contribution in [0.15, 0.2) is 23.1 Å². The Morgan fingerprint density at radius 3 is 2.38 bits per heavy atom. The molecule has 2 N–H and O–H groups in total. The molecule has 5 nitrogen and oxygen atoms in total. The van der Waals surface area contributed by atoms with Crippen LogP contribution in [0.4, 0.5) is 0 Å². The number of hydrogen-bond acceptors (Lipinski definition) is 3. The summed E-state index contributed by atoms with van der Waals surface area (Å²) in [5.74, 6) is -0.188. The van der Waals surface area contributed by atoms with E-state index in [1.807, 2.05) is 0 Å². The lowest BCUT2D eigenvalue weighted by atomic mass is 9.82. The number of carbonyl (C=O) groups excluding carboxylic acids is 1. The summed E-state index contributed by atoms with van der Waals surface area (Å²) < 4.78 is 22.9. The lowest BCUT2D eigenvalue weighted by Gasteiger charge is -2.37. The van der Waals surface area contributed by atoms with Crippen molar-refractivity contribution < 1.29 is 13.2 Å². The molecule has 0 saturated carbocycles. The molecule has 0 aliphatic carbocycles. The van der Waals surface area contributed by atoms with Gasteiger partial charge in [0.25, 0.3) is 5.91 Å². The molecule has 1 aromatic carbocycles. The van der Waals surface area contributed by atoms with E-state index in [-0.39, 0.29) is 21.2 Å². The molecule has 0 spiro atoms. The van der Waals surface area contributed by atoms with Gasteiger partial charge < -0.3 is 4.90 Å². The molecule has 1 aromatic rings.